The van der Waals surface area contributed by atoms with Gasteiger partial charge in [-0.15, -0.1) is 0 Å². The molecule has 1 aliphatic heterocycles. The Morgan fingerprint density at radius 2 is 2.12 bits per heavy atom. The van der Waals surface area contributed by atoms with Crippen LogP contribution >= 0.6 is 0 Å². The summed E-state index contributed by atoms with van der Waals surface area (Å²) in [5.41, 5.74) is 1.77. The first-order valence-electron chi connectivity index (χ1n) is 9.89. The highest BCUT2D eigenvalue weighted by Crippen LogP contribution is 2.49. The molecule has 0 N–H and O–H groups in total. The maximum atomic E-state index is 12.9. The van der Waals surface area contributed by atoms with Crippen LogP contribution in [-0.2, 0) is 4.79 Å². The maximum Gasteiger partial charge on any atom is 0.222 e. The zero-order valence-corrected chi connectivity index (χ0v) is 14.7. The summed E-state index contributed by atoms with van der Waals surface area (Å²) in [4.78, 5) is 19.6. The van der Waals surface area contributed by atoms with Crippen LogP contribution in [0.1, 0.15) is 56.8 Å². The van der Waals surface area contributed by atoms with Crippen LogP contribution in [0.15, 0.2) is 28.7 Å². The lowest BCUT2D eigenvalue weighted by Gasteiger charge is -2.33. The summed E-state index contributed by atoms with van der Waals surface area (Å²) in [5.74, 6) is 3.79. The highest BCUT2D eigenvalue weighted by atomic mass is 16.3. The van der Waals surface area contributed by atoms with E-state index in [1.807, 2.05) is 24.3 Å². The average molecular weight is 338 g/mol. The summed E-state index contributed by atoms with van der Waals surface area (Å²) >= 11 is 0. The third-order valence-electron chi connectivity index (χ3n) is 6.76. The van der Waals surface area contributed by atoms with Crippen molar-refractivity contribution in [3.8, 4) is 0 Å². The second-order valence-electron chi connectivity index (χ2n) is 8.34. The molecule has 132 valence electrons. The van der Waals surface area contributed by atoms with Gasteiger partial charge >= 0.3 is 0 Å². The van der Waals surface area contributed by atoms with E-state index in [1.54, 1.807) is 0 Å². The smallest absolute Gasteiger partial charge is 0.222 e. The number of fused-ring (bicyclic) bond motifs is 3. The van der Waals surface area contributed by atoms with E-state index in [-0.39, 0.29) is 5.92 Å². The molecule has 2 saturated carbocycles. The number of para-hydroxylation sites is 2. The lowest BCUT2D eigenvalue weighted by atomic mass is 9.86. The molecule has 2 heterocycles. The molecule has 3 fully saturated rings. The van der Waals surface area contributed by atoms with Crippen LogP contribution in [0.3, 0.4) is 0 Å². The Kier molecular flexibility index (Phi) is 3.79. The van der Waals surface area contributed by atoms with Crippen molar-refractivity contribution in [3.05, 3.63) is 30.2 Å². The van der Waals surface area contributed by atoms with Crippen molar-refractivity contribution in [2.75, 3.05) is 13.1 Å². The quantitative estimate of drug-likeness (QED) is 0.835. The normalized spacial score (nSPS) is 31.8. The summed E-state index contributed by atoms with van der Waals surface area (Å²) in [5, 5.41) is 0. The molecule has 5 rings (SSSR count). The molecular formula is C21H26N2O2. The topological polar surface area (TPSA) is 46.3 Å². The van der Waals surface area contributed by atoms with Gasteiger partial charge < -0.3 is 9.32 Å². The first-order chi connectivity index (χ1) is 12.3. The minimum atomic E-state index is 0.241. The number of hydrogen-bond acceptors (Lipinski definition) is 3. The van der Waals surface area contributed by atoms with Gasteiger partial charge in [0.1, 0.15) is 5.52 Å². The lowest BCUT2D eigenvalue weighted by molar-refractivity contribution is -0.133. The third kappa shape index (κ3) is 2.86. The Labute approximate surface area is 148 Å². The molecule has 0 radical (unpaired) electrons. The number of piperidine rings is 1. The highest BCUT2D eigenvalue weighted by molar-refractivity contribution is 5.77. The average Bonchev–Trinajstić information content (AvgIpc) is 3.36. The number of rotatable bonds is 3. The number of oxazole rings is 1. The van der Waals surface area contributed by atoms with Crippen molar-refractivity contribution in [2.24, 2.45) is 17.8 Å². The van der Waals surface area contributed by atoms with Crippen molar-refractivity contribution in [1.29, 1.82) is 0 Å². The summed E-state index contributed by atoms with van der Waals surface area (Å²) in [6, 6.07) is 7.92. The van der Waals surface area contributed by atoms with E-state index in [1.165, 1.54) is 25.7 Å². The van der Waals surface area contributed by atoms with Gasteiger partial charge in [-0.1, -0.05) is 18.6 Å². The van der Waals surface area contributed by atoms with Gasteiger partial charge in [-0.25, -0.2) is 4.98 Å². The Hall–Kier alpha value is -1.84. The second kappa shape index (κ2) is 6.15. The van der Waals surface area contributed by atoms with Gasteiger partial charge in [0, 0.05) is 19.5 Å². The molecule has 1 amide bonds. The second-order valence-corrected chi connectivity index (χ2v) is 8.34. The molecule has 4 nitrogen and oxygen atoms in total. The number of likely N-dealkylation sites (tertiary alicyclic amines) is 1. The highest BCUT2D eigenvalue weighted by Gasteiger charge is 2.41. The van der Waals surface area contributed by atoms with Crippen molar-refractivity contribution in [3.63, 3.8) is 0 Å². The predicted molar refractivity (Wildman–Crippen MR) is 96.1 cm³/mol. The molecule has 25 heavy (non-hydrogen) atoms. The molecule has 2 aromatic rings. The SMILES string of the molecule is O=C(CC1CC2CCC1C2)N1CCCC(c2nc3ccccc3o2)C1. The fraction of sp³-hybridized carbons (Fsp3) is 0.619. The Bertz CT molecular complexity index is 750. The van der Waals surface area contributed by atoms with Crippen molar-refractivity contribution in [1.82, 2.24) is 9.88 Å². The standard InChI is InChI=1S/C21H26N2O2/c24-20(12-17-11-14-7-8-15(17)10-14)23-9-3-4-16(13-23)21-22-18-5-1-2-6-19(18)25-21/h1-2,5-6,14-17H,3-4,7-13H2. The van der Waals surface area contributed by atoms with E-state index in [4.69, 9.17) is 4.42 Å². The van der Waals surface area contributed by atoms with Gasteiger partial charge in [-0.05, 0) is 62.0 Å². The monoisotopic (exact) mass is 338 g/mol. The van der Waals surface area contributed by atoms with Gasteiger partial charge in [0.15, 0.2) is 11.5 Å². The number of carbonyl (C=O) groups is 1. The van der Waals surface area contributed by atoms with E-state index < -0.39 is 0 Å². The fourth-order valence-electron chi connectivity index (χ4n) is 5.45. The number of carbonyl (C=O) groups excluding carboxylic acids is 1. The van der Waals surface area contributed by atoms with E-state index in [9.17, 15) is 4.79 Å². The van der Waals surface area contributed by atoms with Gasteiger partial charge in [-0.3, -0.25) is 4.79 Å². The molecule has 0 spiro atoms. The summed E-state index contributed by atoms with van der Waals surface area (Å²) in [6.45, 7) is 1.67. The molecule has 4 heteroatoms. The lowest BCUT2D eigenvalue weighted by Crippen LogP contribution is -2.40. The van der Waals surface area contributed by atoms with E-state index in [0.717, 1.165) is 61.2 Å². The molecule has 4 atom stereocenters. The number of hydrogen-bond donors (Lipinski definition) is 0. The van der Waals surface area contributed by atoms with Crippen LogP contribution in [-0.4, -0.2) is 28.9 Å². The van der Waals surface area contributed by atoms with E-state index >= 15 is 0 Å². The summed E-state index contributed by atoms with van der Waals surface area (Å²) in [6.07, 6.45) is 8.30. The molecule has 1 aromatic carbocycles. The number of benzene rings is 1. The van der Waals surface area contributed by atoms with Gasteiger partial charge in [0.2, 0.25) is 5.91 Å². The molecule has 2 aliphatic carbocycles. The molecule has 1 saturated heterocycles. The Morgan fingerprint density at radius 1 is 1.20 bits per heavy atom. The van der Waals surface area contributed by atoms with Crippen molar-refractivity contribution >= 4 is 17.0 Å². The molecule has 4 unspecified atom stereocenters. The molecule has 3 aliphatic rings. The summed E-state index contributed by atoms with van der Waals surface area (Å²) < 4.78 is 5.96. The number of amides is 1. The van der Waals surface area contributed by atoms with Crippen LogP contribution in [0.4, 0.5) is 0 Å². The Balaban J connectivity index is 1.26. The zero-order valence-electron chi connectivity index (χ0n) is 14.7. The van der Waals surface area contributed by atoms with Crippen molar-refractivity contribution in [2.45, 2.75) is 50.9 Å². The maximum absolute atomic E-state index is 12.9. The van der Waals surface area contributed by atoms with Crippen LogP contribution in [0.2, 0.25) is 0 Å². The van der Waals surface area contributed by atoms with Crippen LogP contribution in [0, 0.1) is 17.8 Å². The Morgan fingerprint density at radius 3 is 2.92 bits per heavy atom. The third-order valence-corrected chi connectivity index (χ3v) is 6.76. The van der Waals surface area contributed by atoms with E-state index in [0.29, 0.717) is 11.8 Å². The number of aromatic nitrogens is 1. The molecule has 2 bridgehead atoms. The van der Waals surface area contributed by atoms with Gasteiger partial charge in [-0.2, -0.15) is 0 Å². The molecule has 1 aromatic heterocycles. The van der Waals surface area contributed by atoms with Crippen LogP contribution in [0.5, 0.6) is 0 Å². The van der Waals surface area contributed by atoms with Crippen LogP contribution in [0.25, 0.3) is 11.1 Å². The van der Waals surface area contributed by atoms with Crippen molar-refractivity contribution < 1.29 is 9.21 Å². The first kappa shape index (κ1) is 15.4. The van der Waals surface area contributed by atoms with Gasteiger partial charge in [0.05, 0.1) is 5.92 Å². The van der Waals surface area contributed by atoms with Crippen LogP contribution < -0.4 is 0 Å². The summed E-state index contributed by atoms with van der Waals surface area (Å²) in [7, 11) is 0. The largest absolute Gasteiger partial charge is 0.440 e. The predicted octanol–water partition coefficient (Wildman–Crippen LogP) is 4.36. The first-order valence-corrected chi connectivity index (χ1v) is 9.89. The zero-order chi connectivity index (χ0) is 16.8. The van der Waals surface area contributed by atoms with Gasteiger partial charge in [0.25, 0.3) is 0 Å². The molecular weight excluding hydrogens is 312 g/mol. The van der Waals surface area contributed by atoms with E-state index in [2.05, 4.69) is 9.88 Å². The minimum absolute atomic E-state index is 0.241. The number of nitrogens with zero attached hydrogens (tertiary/aromatic N) is 2. The minimum Gasteiger partial charge on any atom is -0.440 e. The fourth-order valence-corrected chi connectivity index (χ4v) is 5.45.